The van der Waals surface area contributed by atoms with Gasteiger partial charge in [0.25, 0.3) is 5.91 Å². The normalized spacial score (nSPS) is 10.2. The van der Waals surface area contributed by atoms with Gasteiger partial charge in [-0.3, -0.25) is 4.79 Å². The van der Waals surface area contributed by atoms with Gasteiger partial charge in [-0.2, -0.15) is 0 Å². The summed E-state index contributed by atoms with van der Waals surface area (Å²) in [5.41, 5.74) is 3.14. The lowest BCUT2D eigenvalue weighted by Crippen LogP contribution is -2.28. The van der Waals surface area contributed by atoms with Crippen LogP contribution < -0.4 is 24.3 Å². The highest BCUT2D eigenvalue weighted by molar-refractivity contribution is 5.77. The summed E-state index contributed by atoms with van der Waals surface area (Å²) in [6, 6.07) is 9.34. The van der Waals surface area contributed by atoms with E-state index >= 15 is 0 Å². The molecular weight excluding hydrogens is 334 g/mol. The third kappa shape index (κ3) is 4.81. The number of hydrogen-bond acceptors (Lipinski definition) is 5. The Morgan fingerprint density at radius 3 is 2.12 bits per heavy atom. The highest BCUT2D eigenvalue weighted by Gasteiger charge is 2.13. The van der Waals surface area contributed by atoms with Crippen molar-refractivity contribution in [1.29, 1.82) is 0 Å². The Labute approximate surface area is 154 Å². The molecule has 0 saturated carbocycles. The van der Waals surface area contributed by atoms with Gasteiger partial charge in [0.2, 0.25) is 5.75 Å². The van der Waals surface area contributed by atoms with Crippen molar-refractivity contribution >= 4 is 5.91 Å². The van der Waals surface area contributed by atoms with Crippen molar-refractivity contribution < 1.29 is 23.7 Å². The third-order valence-corrected chi connectivity index (χ3v) is 4.06. The number of benzene rings is 2. The first-order valence-electron chi connectivity index (χ1n) is 8.24. The topological polar surface area (TPSA) is 66.0 Å². The second-order valence-electron chi connectivity index (χ2n) is 5.85. The number of rotatable bonds is 8. The summed E-state index contributed by atoms with van der Waals surface area (Å²) in [6.45, 7) is 4.31. The fraction of sp³-hybridized carbons (Fsp3) is 0.350. The Hall–Kier alpha value is -2.89. The molecule has 1 N–H and O–H groups in total. The maximum absolute atomic E-state index is 12.1. The van der Waals surface area contributed by atoms with Crippen LogP contribution in [0.1, 0.15) is 16.7 Å². The lowest BCUT2D eigenvalue weighted by Gasteiger charge is -2.14. The van der Waals surface area contributed by atoms with E-state index in [9.17, 15) is 4.79 Å². The van der Waals surface area contributed by atoms with Gasteiger partial charge in [0.1, 0.15) is 5.75 Å². The van der Waals surface area contributed by atoms with E-state index in [1.807, 2.05) is 32.0 Å². The minimum absolute atomic E-state index is 0.0487. The zero-order valence-electron chi connectivity index (χ0n) is 15.8. The standard InChI is InChI=1S/C20H25NO5/c1-13-6-7-16(8-14(13)2)26-12-19(22)21-11-15-9-17(23-3)20(25-5)18(10-15)24-4/h6-10H,11-12H2,1-5H3,(H,21,22). The van der Waals surface area contributed by atoms with Crippen LogP contribution in [0, 0.1) is 13.8 Å². The van der Waals surface area contributed by atoms with Crippen LogP contribution in [0.15, 0.2) is 30.3 Å². The number of carbonyl (C=O) groups is 1. The molecule has 0 heterocycles. The number of amides is 1. The molecule has 0 radical (unpaired) electrons. The number of ether oxygens (including phenoxy) is 4. The van der Waals surface area contributed by atoms with Gasteiger partial charge in [-0.25, -0.2) is 0 Å². The molecule has 0 spiro atoms. The molecule has 0 bridgehead atoms. The second kappa shape index (κ2) is 8.99. The minimum atomic E-state index is -0.211. The van der Waals surface area contributed by atoms with Gasteiger partial charge < -0.3 is 24.3 Å². The van der Waals surface area contributed by atoms with Crippen molar-refractivity contribution in [3.8, 4) is 23.0 Å². The van der Waals surface area contributed by atoms with E-state index in [1.54, 1.807) is 33.5 Å². The Balaban J connectivity index is 1.95. The summed E-state index contributed by atoms with van der Waals surface area (Å²) in [6.07, 6.45) is 0. The number of carbonyl (C=O) groups excluding carboxylic acids is 1. The van der Waals surface area contributed by atoms with Gasteiger partial charge in [0.15, 0.2) is 18.1 Å². The first-order valence-corrected chi connectivity index (χ1v) is 8.24. The average Bonchev–Trinajstić information content (AvgIpc) is 2.66. The number of nitrogens with one attached hydrogen (secondary N) is 1. The van der Waals surface area contributed by atoms with Crippen molar-refractivity contribution in [3.63, 3.8) is 0 Å². The third-order valence-electron chi connectivity index (χ3n) is 4.06. The highest BCUT2D eigenvalue weighted by Crippen LogP contribution is 2.38. The quantitative estimate of drug-likeness (QED) is 0.785. The van der Waals surface area contributed by atoms with E-state index in [2.05, 4.69) is 5.32 Å². The summed E-state index contributed by atoms with van der Waals surface area (Å²) in [5.74, 6) is 2.07. The van der Waals surface area contributed by atoms with Crippen LogP contribution in [0.25, 0.3) is 0 Å². The number of aryl methyl sites for hydroxylation is 2. The van der Waals surface area contributed by atoms with E-state index in [0.717, 1.165) is 11.1 Å². The van der Waals surface area contributed by atoms with Crippen LogP contribution in [0.2, 0.25) is 0 Å². The van der Waals surface area contributed by atoms with Crippen molar-refractivity contribution in [2.75, 3.05) is 27.9 Å². The van der Waals surface area contributed by atoms with Crippen LogP contribution >= 0.6 is 0 Å². The molecule has 2 rings (SSSR count). The Morgan fingerprint density at radius 1 is 0.923 bits per heavy atom. The lowest BCUT2D eigenvalue weighted by molar-refractivity contribution is -0.123. The predicted molar refractivity (Wildman–Crippen MR) is 99.4 cm³/mol. The molecule has 1 amide bonds. The lowest BCUT2D eigenvalue weighted by atomic mass is 10.1. The zero-order chi connectivity index (χ0) is 19.1. The molecule has 2 aromatic carbocycles. The molecule has 0 aliphatic heterocycles. The Kier molecular flexibility index (Phi) is 6.72. The number of hydrogen-bond donors (Lipinski definition) is 1. The largest absolute Gasteiger partial charge is 0.493 e. The first-order chi connectivity index (χ1) is 12.5. The van der Waals surface area contributed by atoms with Crippen LogP contribution in [-0.4, -0.2) is 33.8 Å². The van der Waals surface area contributed by atoms with E-state index in [0.29, 0.717) is 29.5 Å². The molecule has 0 atom stereocenters. The van der Waals surface area contributed by atoms with E-state index < -0.39 is 0 Å². The van der Waals surface area contributed by atoms with Gasteiger partial charge in [0, 0.05) is 6.54 Å². The SMILES string of the molecule is COc1cc(CNC(=O)COc2ccc(C)c(C)c2)cc(OC)c1OC. The molecule has 0 aromatic heterocycles. The fourth-order valence-electron chi connectivity index (χ4n) is 2.44. The van der Waals surface area contributed by atoms with Crippen molar-refractivity contribution in [3.05, 3.63) is 47.0 Å². The fourth-order valence-corrected chi connectivity index (χ4v) is 2.44. The predicted octanol–water partition coefficient (Wildman–Crippen LogP) is 3.02. The molecule has 0 unspecified atom stereocenters. The summed E-state index contributed by atoms with van der Waals surface area (Å²) < 4.78 is 21.4. The van der Waals surface area contributed by atoms with Gasteiger partial charge >= 0.3 is 0 Å². The summed E-state index contributed by atoms with van der Waals surface area (Å²) in [5, 5.41) is 2.82. The first kappa shape index (κ1) is 19.4. The zero-order valence-corrected chi connectivity index (χ0v) is 15.8. The van der Waals surface area contributed by atoms with E-state index in [4.69, 9.17) is 18.9 Å². The van der Waals surface area contributed by atoms with Gasteiger partial charge in [-0.05, 0) is 54.8 Å². The van der Waals surface area contributed by atoms with Crippen molar-refractivity contribution in [1.82, 2.24) is 5.32 Å². The van der Waals surface area contributed by atoms with E-state index in [-0.39, 0.29) is 12.5 Å². The van der Waals surface area contributed by atoms with Crippen LogP contribution in [-0.2, 0) is 11.3 Å². The molecule has 0 aliphatic carbocycles. The van der Waals surface area contributed by atoms with Crippen LogP contribution in [0.5, 0.6) is 23.0 Å². The number of methoxy groups -OCH3 is 3. The summed E-state index contributed by atoms with van der Waals surface area (Å²) >= 11 is 0. The van der Waals surface area contributed by atoms with Gasteiger partial charge in [-0.15, -0.1) is 0 Å². The van der Waals surface area contributed by atoms with Crippen LogP contribution in [0.3, 0.4) is 0 Å². The van der Waals surface area contributed by atoms with Crippen LogP contribution in [0.4, 0.5) is 0 Å². The highest BCUT2D eigenvalue weighted by atomic mass is 16.5. The summed E-state index contributed by atoms with van der Waals surface area (Å²) in [7, 11) is 4.65. The molecule has 0 aliphatic rings. The monoisotopic (exact) mass is 359 g/mol. The maximum Gasteiger partial charge on any atom is 0.258 e. The average molecular weight is 359 g/mol. The summed E-state index contributed by atoms with van der Waals surface area (Å²) in [4.78, 5) is 12.1. The maximum atomic E-state index is 12.1. The Morgan fingerprint density at radius 2 is 1.58 bits per heavy atom. The van der Waals surface area contributed by atoms with Gasteiger partial charge in [0.05, 0.1) is 21.3 Å². The molecule has 6 heteroatoms. The molecule has 0 saturated heterocycles. The molecule has 26 heavy (non-hydrogen) atoms. The van der Waals surface area contributed by atoms with Crippen molar-refractivity contribution in [2.24, 2.45) is 0 Å². The molecule has 2 aromatic rings. The molecule has 0 fully saturated rings. The van der Waals surface area contributed by atoms with E-state index in [1.165, 1.54) is 5.56 Å². The smallest absolute Gasteiger partial charge is 0.258 e. The molecule has 6 nitrogen and oxygen atoms in total. The van der Waals surface area contributed by atoms with Gasteiger partial charge in [-0.1, -0.05) is 6.07 Å². The van der Waals surface area contributed by atoms with Crippen molar-refractivity contribution in [2.45, 2.75) is 20.4 Å². The minimum Gasteiger partial charge on any atom is -0.493 e. The molecular formula is C20H25NO5. The Bertz CT molecular complexity index is 748. The second-order valence-corrected chi connectivity index (χ2v) is 5.85. The molecule has 140 valence electrons.